The Morgan fingerprint density at radius 3 is 2.61 bits per heavy atom. The number of hydrogen-bond donors (Lipinski definition) is 1. The molecule has 0 fully saturated rings. The van der Waals surface area contributed by atoms with Crippen LogP contribution in [-0.2, 0) is 9.57 Å². The Balaban J connectivity index is 0.000000357. The van der Waals surface area contributed by atoms with Crippen molar-refractivity contribution in [1.82, 2.24) is 10.5 Å². The van der Waals surface area contributed by atoms with Crippen LogP contribution in [0.3, 0.4) is 0 Å². The lowest BCUT2D eigenvalue weighted by atomic mass is 10.1. The summed E-state index contributed by atoms with van der Waals surface area (Å²) in [6, 6.07) is 9.12. The molecule has 1 N–H and O–H groups in total. The topological polar surface area (TPSA) is 60.5 Å². The molecule has 0 unspecified atom stereocenters. The molecule has 0 aliphatic rings. The van der Waals surface area contributed by atoms with Crippen molar-refractivity contribution in [2.24, 2.45) is 0 Å². The third kappa shape index (κ3) is 3.80. The Labute approximate surface area is 106 Å². The lowest BCUT2D eigenvalue weighted by Gasteiger charge is -2.00. The number of nitrogens with one attached hydrogen (secondary N) is 1. The highest BCUT2D eigenvalue weighted by molar-refractivity contribution is 5.94. The van der Waals surface area contributed by atoms with Crippen LogP contribution in [0, 0.1) is 0 Å². The number of rotatable bonds is 2. The number of methoxy groups -OCH3 is 1. The fraction of sp³-hybridized carbons (Fsp3) is 0.231. The van der Waals surface area contributed by atoms with Crippen molar-refractivity contribution < 1.29 is 14.4 Å². The van der Waals surface area contributed by atoms with E-state index in [4.69, 9.17) is 0 Å². The van der Waals surface area contributed by atoms with E-state index in [-0.39, 0.29) is 5.97 Å². The van der Waals surface area contributed by atoms with E-state index < -0.39 is 0 Å². The van der Waals surface area contributed by atoms with E-state index in [1.165, 1.54) is 7.11 Å². The van der Waals surface area contributed by atoms with Gasteiger partial charge in [0.25, 0.3) is 0 Å². The maximum absolute atomic E-state index is 11.2. The van der Waals surface area contributed by atoms with Gasteiger partial charge in [0.15, 0.2) is 0 Å². The van der Waals surface area contributed by atoms with Gasteiger partial charge in [0.05, 0.1) is 25.3 Å². The summed E-state index contributed by atoms with van der Waals surface area (Å²) >= 11 is 0. The summed E-state index contributed by atoms with van der Waals surface area (Å²) in [5, 5.41) is 1.01. The van der Waals surface area contributed by atoms with Gasteiger partial charge in [-0.3, -0.25) is 4.98 Å². The maximum atomic E-state index is 11.2. The molecule has 0 saturated carbocycles. The molecule has 0 amide bonds. The number of hydrogen-bond acceptors (Lipinski definition) is 5. The fourth-order valence-electron chi connectivity index (χ4n) is 1.31. The second-order valence-corrected chi connectivity index (χ2v) is 3.31. The van der Waals surface area contributed by atoms with Crippen LogP contribution in [0.1, 0.15) is 10.4 Å². The van der Waals surface area contributed by atoms with Crippen LogP contribution in [0.4, 0.5) is 0 Å². The van der Waals surface area contributed by atoms with Crippen molar-refractivity contribution in [2.75, 3.05) is 21.3 Å². The van der Waals surface area contributed by atoms with E-state index in [0.29, 0.717) is 5.56 Å². The molecule has 5 heteroatoms. The Morgan fingerprint density at radius 2 is 2.00 bits per heavy atom. The summed E-state index contributed by atoms with van der Waals surface area (Å²) in [5.41, 5.74) is 3.76. The predicted octanol–water partition coefficient (Wildman–Crippen LogP) is 1.79. The first-order valence-electron chi connectivity index (χ1n) is 5.35. The van der Waals surface area contributed by atoms with Gasteiger partial charge in [0.2, 0.25) is 0 Å². The minimum atomic E-state index is -0.336. The van der Waals surface area contributed by atoms with Crippen molar-refractivity contribution in [2.45, 2.75) is 0 Å². The molecule has 18 heavy (non-hydrogen) atoms. The first kappa shape index (κ1) is 14.1. The van der Waals surface area contributed by atoms with E-state index in [1.807, 2.05) is 18.2 Å². The van der Waals surface area contributed by atoms with Gasteiger partial charge in [0, 0.05) is 18.6 Å². The quantitative estimate of drug-likeness (QED) is 0.648. The molecular weight excluding hydrogens is 232 g/mol. The number of hydroxylamine groups is 1. The Morgan fingerprint density at radius 1 is 1.28 bits per heavy atom. The molecule has 2 aromatic rings. The van der Waals surface area contributed by atoms with Crippen LogP contribution in [0.2, 0.25) is 0 Å². The van der Waals surface area contributed by atoms with Gasteiger partial charge in [-0.25, -0.2) is 10.3 Å². The minimum Gasteiger partial charge on any atom is -0.465 e. The van der Waals surface area contributed by atoms with Crippen molar-refractivity contribution in [3.05, 3.63) is 42.1 Å². The number of fused-ring (bicyclic) bond motifs is 1. The monoisotopic (exact) mass is 248 g/mol. The number of pyridine rings is 1. The van der Waals surface area contributed by atoms with Crippen LogP contribution >= 0.6 is 0 Å². The maximum Gasteiger partial charge on any atom is 0.337 e. The van der Waals surface area contributed by atoms with Gasteiger partial charge in [0.1, 0.15) is 0 Å². The molecule has 96 valence electrons. The second kappa shape index (κ2) is 7.37. The summed E-state index contributed by atoms with van der Waals surface area (Å²) in [7, 11) is 4.64. The first-order chi connectivity index (χ1) is 8.72. The summed E-state index contributed by atoms with van der Waals surface area (Å²) in [4.78, 5) is 19.6. The predicted molar refractivity (Wildman–Crippen MR) is 69.2 cm³/mol. The van der Waals surface area contributed by atoms with E-state index in [0.717, 1.165) is 10.9 Å². The largest absolute Gasteiger partial charge is 0.465 e. The highest BCUT2D eigenvalue weighted by Gasteiger charge is 2.05. The van der Waals surface area contributed by atoms with Gasteiger partial charge in [-0.2, -0.15) is 0 Å². The molecule has 1 aromatic carbocycles. The van der Waals surface area contributed by atoms with Crippen LogP contribution in [-0.4, -0.2) is 32.2 Å². The number of ether oxygens (including phenoxy) is 1. The smallest absolute Gasteiger partial charge is 0.337 e. The van der Waals surface area contributed by atoms with Gasteiger partial charge < -0.3 is 9.57 Å². The molecule has 0 atom stereocenters. The summed E-state index contributed by atoms with van der Waals surface area (Å²) in [6.45, 7) is 0. The third-order valence-electron chi connectivity index (χ3n) is 2.23. The molecule has 2 rings (SSSR count). The van der Waals surface area contributed by atoms with Gasteiger partial charge in [-0.05, 0) is 18.2 Å². The number of carbonyl (C=O) groups is 1. The third-order valence-corrected chi connectivity index (χ3v) is 2.23. The zero-order valence-corrected chi connectivity index (χ0v) is 10.6. The molecule has 5 nitrogen and oxygen atoms in total. The number of nitrogens with zero attached hydrogens (tertiary/aromatic N) is 1. The molecule has 0 aliphatic carbocycles. The Kier molecular flexibility index (Phi) is 5.76. The van der Waals surface area contributed by atoms with E-state index in [2.05, 4.69) is 20.0 Å². The standard InChI is InChI=1S/C11H9NO2.C2H7NO/c1-14-11(13)9-5-4-8-3-2-6-12-10(8)7-9;1-3-4-2/h2-7H,1H3;3H,1-2H3. The number of aromatic nitrogens is 1. The lowest BCUT2D eigenvalue weighted by molar-refractivity contribution is 0.0601. The molecule has 0 aliphatic heterocycles. The normalized spacial score (nSPS) is 9.50. The zero-order chi connectivity index (χ0) is 13.4. The van der Waals surface area contributed by atoms with Crippen LogP contribution in [0.15, 0.2) is 36.5 Å². The number of carbonyl (C=O) groups excluding carboxylic acids is 1. The van der Waals surface area contributed by atoms with Gasteiger partial charge >= 0.3 is 5.97 Å². The van der Waals surface area contributed by atoms with Crippen molar-refractivity contribution in [3.63, 3.8) is 0 Å². The zero-order valence-electron chi connectivity index (χ0n) is 10.6. The minimum absolute atomic E-state index is 0.336. The van der Waals surface area contributed by atoms with Crippen LogP contribution in [0.5, 0.6) is 0 Å². The SMILES string of the molecule is CNOC.COC(=O)c1ccc2cccnc2c1. The average molecular weight is 248 g/mol. The second-order valence-electron chi connectivity index (χ2n) is 3.31. The van der Waals surface area contributed by atoms with Crippen LogP contribution in [0.25, 0.3) is 10.9 Å². The molecule has 0 saturated heterocycles. The Bertz CT molecular complexity index is 512. The lowest BCUT2D eigenvalue weighted by Crippen LogP contribution is -2.00. The van der Waals surface area contributed by atoms with Crippen LogP contribution < -0.4 is 5.48 Å². The molecular formula is C13H16N2O3. The highest BCUT2D eigenvalue weighted by Crippen LogP contribution is 2.13. The number of esters is 1. The summed E-state index contributed by atoms with van der Waals surface area (Å²) in [6.07, 6.45) is 1.70. The molecule has 1 heterocycles. The van der Waals surface area contributed by atoms with Gasteiger partial charge in [-0.15, -0.1) is 0 Å². The van der Waals surface area contributed by atoms with E-state index in [9.17, 15) is 4.79 Å². The van der Waals surface area contributed by atoms with E-state index >= 15 is 0 Å². The molecule has 0 radical (unpaired) electrons. The number of benzene rings is 1. The Hall–Kier alpha value is -1.98. The van der Waals surface area contributed by atoms with Gasteiger partial charge in [-0.1, -0.05) is 12.1 Å². The highest BCUT2D eigenvalue weighted by atomic mass is 16.6. The summed E-state index contributed by atoms with van der Waals surface area (Å²) in [5.74, 6) is -0.336. The molecule has 0 bridgehead atoms. The molecule has 1 aromatic heterocycles. The fourth-order valence-corrected chi connectivity index (χ4v) is 1.31. The molecule has 0 spiro atoms. The summed E-state index contributed by atoms with van der Waals surface area (Å²) < 4.78 is 4.62. The average Bonchev–Trinajstić information content (AvgIpc) is 2.46. The van der Waals surface area contributed by atoms with Crippen molar-refractivity contribution in [3.8, 4) is 0 Å². The van der Waals surface area contributed by atoms with E-state index in [1.54, 1.807) is 32.5 Å². The van der Waals surface area contributed by atoms with Crippen molar-refractivity contribution >= 4 is 16.9 Å². The first-order valence-corrected chi connectivity index (χ1v) is 5.35. The van der Waals surface area contributed by atoms with Crippen molar-refractivity contribution in [1.29, 1.82) is 0 Å².